The predicted octanol–water partition coefficient (Wildman–Crippen LogP) is 3.73. The molecule has 26 heavy (non-hydrogen) atoms. The minimum absolute atomic E-state index is 0.196. The van der Waals surface area contributed by atoms with Crippen molar-refractivity contribution in [2.24, 2.45) is 0 Å². The highest BCUT2D eigenvalue weighted by Gasteiger charge is 2.19. The van der Waals surface area contributed by atoms with Gasteiger partial charge >= 0.3 is 12.1 Å². The van der Waals surface area contributed by atoms with Gasteiger partial charge in [0.2, 0.25) is 0 Å². The van der Waals surface area contributed by atoms with Gasteiger partial charge in [0.15, 0.2) is 5.75 Å². The number of rotatable bonds is 3. The van der Waals surface area contributed by atoms with Crippen LogP contribution in [0.5, 0.6) is 5.75 Å². The van der Waals surface area contributed by atoms with Gasteiger partial charge in [0.1, 0.15) is 5.60 Å². The fourth-order valence-corrected chi connectivity index (χ4v) is 2.18. The number of hydrogen-bond donors (Lipinski definition) is 3. The van der Waals surface area contributed by atoms with E-state index in [2.05, 4.69) is 5.32 Å². The van der Waals surface area contributed by atoms with Crippen LogP contribution in [0.25, 0.3) is 0 Å². The maximum absolute atomic E-state index is 12.4. The lowest BCUT2D eigenvalue weighted by atomic mass is 10.1. The molecule has 5 N–H and O–H groups in total. The first-order chi connectivity index (χ1) is 12.0. The van der Waals surface area contributed by atoms with Crippen molar-refractivity contribution < 1.29 is 19.1 Å². The minimum atomic E-state index is -0.648. The predicted molar refractivity (Wildman–Crippen MR) is 101 cm³/mol. The van der Waals surface area contributed by atoms with Gasteiger partial charge in [-0.1, -0.05) is 6.07 Å². The third-order valence-electron chi connectivity index (χ3n) is 3.19. The molecule has 0 atom stereocenters. The Morgan fingerprint density at radius 1 is 1.00 bits per heavy atom. The summed E-state index contributed by atoms with van der Waals surface area (Å²) in [5.74, 6) is -0.441. The number of benzene rings is 2. The fraction of sp³-hybridized carbons (Fsp3) is 0.263. The lowest BCUT2D eigenvalue weighted by Crippen LogP contribution is -2.27. The van der Waals surface area contributed by atoms with E-state index in [1.807, 2.05) is 6.92 Å². The van der Waals surface area contributed by atoms with Gasteiger partial charge in [-0.25, -0.2) is 9.59 Å². The minimum Gasteiger partial charge on any atom is -0.444 e. The van der Waals surface area contributed by atoms with E-state index in [1.165, 1.54) is 12.1 Å². The van der Waals surface area contributed by atoms with Crippen LogP contribution in [0, 0.1) is 6.92 Å². The molecule has 0 heterocycles. The fourth-order valence-electron chi connectivity index (χ4n) is 2.18. The first-order valence-corrected chi connectivity index (χ1v) is 8.02. The van der Waals surface area contributed by atoms with Crippen LogP contribution in [-0.2, 0) is 4.74 Å². The number of nitrogens with one attached hydrogen (secondary N) is 1. The SMILES string of the molecule is Cc1ccc(NC(=O)OC(C)(C)C)c(OC(=O)c2cc(N)cc(N)c2)c1. The summed E-state index contributed by atoms with van der Waals surface area (Å²) < 4.78 is 10.7. The van der Waals surface area contributed by atoms with Gasteiger partial charge in [0.05, 0.1) is 11.3 Å². The van der Waals surface area contributed by atoms with Crippen molar-refractivity contribution >= 4 is 29.1 Å². The normalized spacial score (nSPS) is 10.9. The lowest BCUT2D eigenvalue weighted by Gasteiger charge is -2.20. The zero-order chi connectivity index (χ0) is 19.5. The van der Waals surface area contributed by atoms with Crippen molar-refractivity contribution in [3.63, 3.8) is 0 Å². The van der Waals surface area contributed by atoms with Crippen LogP contribution in [-0.4, -0.2) is 17.7 Å². The Morgan fingerprint density at radius 3 is 2.19 bits per heavy atom. The van der Waals surface area contributed by atoms with E-state index < -0.39 is 17.7 Å². The van der Waals surface area contributed by atoms with Gasteiger partial charge in [-0.2, -0.15) is 0 Å². The number of amides is 1. The van der Waals surface area contributed by atoms with Crippen molar-refractivity contribution in [2.45, 2.75) is 33.3 Å². The Labute approximate surface area is 152 Å². The molecule has 0 radical (unpaired) electrons. The molecule has 0 saturated heterocycles. The summed E-state index contributed by atoms with van der Waals surface area (Å²) in [6.07, 6.45) is -0.646. The molecule has 138 valence electrons. The summed E-state index contributed by atoms with van der Waals surface area (Å²) in [6, 6.07) is 9.53. The highest BCUT2D eigenvalue weighted by molar-refractivity contribution is 5.95. The Kier molecular flexibility index (Phi) is 5.40. The summed E-state index contributed by atoms with van der Waals surface area (Å²) in [5, 5.41) is 2.59. The van der Waals surface area contributed by atoms with Crippen molar-refractivity contribution in [3.8, 4) is 5.75 Å². The summed E-state index contributed by atoms with van der Waals surface area (Å²) in [5.41, 5.74) is 12.9. The van der Waals surface area contributed by atoms with Crippen LogP contribution in [0.3, 0.4) is 0 Å². The number of esters is 1. The number of nitrogen functional groups attached to an aromatic ring is 2. The third kappa shape index (κ3) is 5.41. The second kappa shape index (κ2) is 7.35. The molecule has 0 unspecified atom stereocenters. The third-order valence-corrected chi connectivity index (χ3v) is 3.19. The van der Waals surface area contributed by atoms with Gasteiger partial charge in [-0.15, -0.1) is 0 Å². The van der Waals surface area contributed by atoms with Crippen molar-refractivity contribution in [1.82, 2.24) is 0 Å². The van der Waals surface area contributed by atoms with Crippen LogP contribution in [0.1, 0.15) is 36.7 Å². The van der Waals surface area contributed by atoms with E-state index in [0.29, 0.717) is 17.1 Å². The summed E-state index contributed by atoms with van der Waals surface area (Å²) in [6.45, 7) is 7.11. The topological polar surface area (TPSA) is 117 Å². The molecule has 7 heteroatoms. The van der Waals surface area contributed by atoms with E-state index in [4.69, 9.17) is 20.9 Å². The number of aryl methyl sites for hydroxylation is 1. The van der Waals surface area contributed by atoms with Crippen molar-refractivity contribution in [2.75, 3.05) is 16.8 Å². The van der Waals surface area contributed by atoms with Crippen molar-refractivity contribution in [1.29, 1.82) is 0 Å². The molecule has 7 nitrogen and oxygen atoms in total. The average molecular weight is 357 g/mol. The number of carbonyl (C=O) groups is 2. The zero-order valence-corrected chi connectivity index (χ0v) is 15.3. The highest BCUT2D eigenvalue weighted by atomic mass is 16.6. The quantitative estimate of drug-likeness (QED) is 0.438. The van der Waals surface area contributed by atoms with Gasteiger partial charge < -0.3 is 20.9 Å². The van der Waals surface area contributed by atoms with Crippen LogP contribution in [0.4, 0.5) is 21.9 Å². The molecule has 2 aromatic carbocycles. The number of nitrogens with two attached hydrogens (primary N) is 2. The molecular formula is C19H23N3O4. The number of carbonyl (C=O) groups excluding carboxylic acids is 2. The summed E-state index contributed by atoms with van der Waals surface area (Å²) in [7, 11) is 0. The van der Waals surface area contributed by atoms with Crippen LogP contribution < -0.4 is 21.5 Å². The van der Waals surface area contributed by atoms with Gasteiger partial charge in [-0.05, 0) is 63.6 Å². The Morgan fingerprint density at radius 2 is 1.62 bits per heavy atom. The zero-order valence-electron chi connectivity index (χ0n) is 15.3. The molecule has 0 fully saturated rings. The maximum atomic E-state index is 12.4. The van der Waals surface area contributed by atoms with Gasteiger partial charge in [0, 0.05) is 11.4 Å². The molecule has 2 rings (SSSR count). The maximum Gasteiger partial charge on any atom is 0.412 e. The Bertz CT molecular complexity index is 821. The molecule has 0 bridgehead atoms. The Balaban J connectivity index is 2.24. The largest absolute Gasteiger partial charge is 0.444 e. The first kappa shape index (κ1) is 19.1. The molecule has 0 saturated carbocycles. The van der Waals surface area contributed by atoms with Gasteiger partial charge in [0.25, 0.3) is 0 Å². The number of ether oxygens (including phenoxy) is 2. The average Bonchev–Trinajstić information content (AvgIpc) is 2.47. The second-order valence-electron chi connectivity index (χ2n) is 6.90. The van der Waals surface area contributed by atoms with Crippen molar-refractivity contribution in [3.05, 3.63) is 47.5 Å². The standard InChI is InChI=1S/C19H23N3O4/c1-11-5-6-15(22-18(24)26-19(2,3)4)16(7-11)25-17(23)12-8-13(20)10-14(21)9-12/h5-10H,20-21H2,1-4H3,(H,22,24). The monoisotopic (exact) mass is 357 g/mol. The molecule has 0 aliphatic rings. The summed E-state index contributed by atoms with van der Waals surface area (Å²) in [4.78, 5) is 24.4. The van der Waals surface area contributed by atoms with E-state index in [1.54, 1.807) is 45.0 Å². The van der Waals surface area contributed by atoms with Crippen LogP contribution in [0.15, 0.2) is 36.4 Å². The number of anilines is 3. The summed E-state index contributed by atoms with van der Waals surface area (Å²) >= 11 is 0. The number of hydrogen-bond acceptors (Lipinski definition) is 6. The molecular weight excluding hydrogens is 334 g/mol. The van der Waals surface area contributed by atoms with Crippen LogP contribution >= 0.6 is 0 Å². The molecule has 0 aliphatic carbocycles. The van der Waals surface area contributed by atoms with Crippen LogP contribution in [0.2, 0.25) is 0 Å². The molecule has 2 aromatic rings. The van der Waals surface area contributed by atoms with Gasteiger partial charge in [-0.3, -0.25) is 5.32 Å². The molecule has 1 amide bonds. The lowest BCUT2D eigenvalue weighted by molar-refractivity contribution is 0.0630. The highest BCUT2D eigenvalue weighted by Crippen LogP contribution is 2.28. The van der Waals surface area contributed by atoms with E-state index in [9.17, 15) is 9.59 Å². The molecule has 0 aromatic heterocycles. The first-order valence-electron chi connectivity index (χ1n) is 8.02. The van der Waals surface area contributed by atoms with E-state index in [-0.39, 0.29) is 11.3 Å². The molecule has 0 spiro atoms. The van der Waals surface area contributed by atoms with E-state index >= 15 is 0 Å². The Hall–Kier alpha value is -3.22. The van der Waals surface area contributed by atoms with E-state index in [0.717, 1.165) is 5.56 Å². The second-order valence-corrected chi connectivity index (χ2v) is 6.90. The molecule has 0 aliphatic heterocycles. The smallest absolute Gasteiger partial charge is 0.412 e.